The normalized spacial score (nSPS) is 16.1. The first-order valence-corrected chi connectivity index (χ1v) is 7.50. The second-order valence-corrected chi connectivity index (χ2v) is 5.98. The molecule has 1 fully saturated rings. The van der Waals surface area contributed by atoms with Crippen LogP contribution in [0.25, 0.3) is 16.8 Å². The van der Waals surface area contributed by atoms with E-state index in [9.17, 15) is 0 Å². The van der Waals surface area contributed by atoms with E-state index in [1.165, 1.54) is 34.8 Å². The highest BCUT2D eigenvalue weighted by atomic mass is 14.9. The van der Waals surface area contributed by atoms with Crippen LogP contribution in [0, 0.1) is 5.92 Å². The number of benzene rings is 1. The molecule has 1 saturated carbocycles. The van der Waals surface area contributed by atoms with Crippen LogP contribution in [0.5, 0.6) is 0 Å². The summed E-state index contributed by atoms with van der Waals surface area (Å²) in [6.45, 7) is 5.52. The van der Waals surface area contributed by atoms with E-state index < -0.39 is 0 Å². The van der Waals surface area contributed by atoms with Crippen molar-refractivity contribution in [2.45, 2.75) is 32.7 Å². The lowest BCUT2D eigenvalue weighted by Gasteiger charge is -2.13. The molecule has 0 spiro atoms. The van der Waals surface area contributed by atoms with Gasteiger partial charge in [-0.1, -0.05) is 49.8 Å². The van der Waals surface area contributed by atoms with Gasteiger partial charge in [-0.3, -0.25) is 4.98 Å². The molecule has 2 aromatic rings. The maximum Gasteiger partial charge on any atom is 0.0346 e. The standard InChI is InChI=1S/C18H22N2/c1-13(2)15(12-20-17-7-8-17)9-16-11-19-10-14-5-3-4-6-18(14)16/h3-6,9-11,13,17,20H,7-8,12H2,1-2H3/b15-9+. The van der Waals surface area contributed by atoms with Crippen LogP contribution in [0.1, 0.15) is 32.3 Å². The van der Waals surface area contributed by atoms with Gasteiger partial charge in [0.2, 0.25) is 0 Å². The van der Waals surface area contributed by atoms with Crippen molar-refractivity contribution in [1.29, 1.82) is 0 Å². The van der Waals surface area contributed by atoms with Gasteiger partial charge in [-0.05, 0) is 24.1 Å². The molecule has 0 saturated heterocycles. The number of fused-ring (bicyclic) bond motifs is 1. The molecule has 2 heteroatoms. The van der Waals surface area contributed by atoms with Crippen molar-refractivity contribution in [3.8, 4) is 0 Å². The van der Waals surface area contributed by atoms with Crippen molar-refractivity contribution < 1.29 is 0 Å². The van der Waals surface area contributed by atoms with Crippen LogP contribution < -0.4 is 5.32 Å². The summed E-state index contributed by atoms with van der Waals surface area (Å²) in [6.07, 6.45) is 8.89. The van der Waals surface area contributed by atoms with Crippen LogP contribution in [0.15, 0.2) is 42.2 Å². The molecule has 1 aliphatic rings. The predicted molar refractivity (Wildman–Crippen MR) is 85.6 cm³/mol. The smallest absolute Gasteiger partial charge is 0.0346 e. The Morgan fingerprint density at radius 3 is 2.85 bits per heavy atom. The van der Waals surface area contributed by atoms with Gasteiger partial charge in [0.15, 0.2) is 0 Å². The molecule has 1 N–H and O–H groups in total. The summed E-state index contributed by atoms with van der Waals surface area (Å²) >= 11 is 0. The Hall–Kier alpha value is -1.67. The van der Waals surface area contributed by atoms with Crippen LogP contribution in [0.3, 0.4) is 0 Å². The van der Waals surface area contributed by atoms with Crippen LogP contribution >= 0.6 is 0 Å². The monoisotopic (exact) mass is 266 g/mol. The summed E-state index contributed by atoms with van der Waals surface area (Å²) in [5, 5.41) is 6.11. The first kappa shape index (κ1) is 13.3. The molecule has 1 aromatic heterocycles. The van der Waals surface area contributed by atoms with Crippen LogP contribution in [0.4, 0.5) is 0 Å². The SMILES string of the molecule is CC(C)/C(=C/c1cncc2ccccc12)CNC1CC1. The van der Waals surface area contributed by atoms with E-state index in [2.05, 4.69) is 54.5 Å². The molecule has 1 aromatic carbocycles. The fourth-order valence-corrected chi connectivity index (χ4v) is 2.43. The maximum absolute atomic E-state index is 4.37. The molecular formula is C18H22N2. The highest BCUT2D eigenvalue weighted by Gasteiger charge is 2.20. The van der Waals surface area contributed by atoms with E-state index in [1.807, 2.05) is 12.4 Å². The third-order valence-corrected chi connectivity index (χ3v) is 3.95. The number of nitrogens with one attached hydrogen (secondary N) is 1. The van der Waals surface area contributed by atoms with Gasteiger partial charge in [0.1, 0.15) is 0 Å². The molecule has 20 heavy (non-hydrogen) atoms. The molecule has 0 aliphatic heterocycles. The molecule has 0 atom stereocenters. The van der Waals surface area contributed by atoms with E-state index in [0.29, 0.717) is 5.92 Å². The lowest BCUT2D eigenvalue weighted by Crippen LogP contribution is -2.21. The number of pyridine rings is 1. The maximum atomic E-state index is 4.37. The highest BCUT2D eigenvalue weighted by Crippen LogP contribution is 2.23. The van der Waals surface area contributed by atoms with Gasteiger partial charge in [0.25, 0.3) is 0 Å². The Kier molecular flexibility index (Phi) is 3.83. The van der Waals surface area contributed by atoms with Gasteiger partial charge in [0, 0.05) is 35.9 Å². The van der Waals surface area contributed by atoms with E-state index >= 15 is 0 Å². The van der Waals surface area contributed by atoms with Crippen molar-refractivity contribution in [2.24, 2.45) is 5.92 Å². The molecule has 1 aliphatic carbocycles. The minimum absolute atomic E-state index is 0.556. The lowest BCUT2D eigenvalue weighted by molar-refractivity contribution is 0.662. The van der Waals surface area contributed by atoms with E-state index in [4.69, 9.17) is 0 Å². The largest absolute Gasteiger partial charge is 0.310 e. The van der Waals surface area contributed by atoms with Crippen molar-refractivity contribution in [2.75, 3.05) is 6.54 Å². The van der Waals surface area contributed by atoms with Crippen molar-refractivity contribution in [3.05, 3.63) is 47.8 Å². The first-order chi connectivity index (χ1) is 9.74. The Labute approximate surface area is 120 Å². The van der Waals surface area contributed by atoms with Crippen LogP contribution in [0.2, 0.25) is 0 Å². The molecule has 3 rings (SSSR count). The first-order valence-electron chi connectivity index (χ1n) is 7.50. The van der Waals surface area contributed by atoms with E-state index in [0.717, 1.165) is 12.6 Å². The topological polar surface area (TPSA) is 24.9 Å². The zero-order valence-electron chi connectivity index (χ0n) is 12.3. The Balaban J connectivity index is 1.92. The van der Waals surface area contributed by atoms with Crippen molar-refractivity contribution in [3.63, 3.8) is 0 Å². The fraction of sp³-hybridized carbons (Fsp3) is 0.389. The zero-order valence-corrected chi connectivity index (χ0v) is 12.3. The molecule has 2 nitrogen and oxygen atoms in total. The quantitative estimate of drug-likeness (QED) is 0.884. The number of nitrogens with zero attached hydrogens (tertiary/aromatic N) is 1. The number of hydrogen-bond donors (Lipinski definition) is 1. The molecular weight excluding hydrogens is 244 g/mol. The van der Waals surface area contributed by atoms with Crippen molar-refractivity contribution >= 4 is 16.8 Å². The van der Waals surface area contributed by atoms with Gasteiger partial charge >= 0.3 is 0 Å². The molecule has 104 valence electrons. The van der Waals surface area contributed by atoms with E-state index in [1.54, 1.807) is 0 Å². The van der Waals surface area contributed by atoms with Gasteiger partial charge in [-0.25, -0.2) is 0 Å². The van der Waals surface area contributed by atoms with E-state index in [-0.39, 0.29) is 0 Å². The summed E-state index contributed by atoms with van der Waals surface area (Å²) in [4.78, 5) is 4.37. The van der Waals surface area contributed by atoms with Crippen LogP contribution in [-0.4, -0.2) is 17.6 Å². The van der Waals surface area contributed by atoms with Gasteiger partial charge in [-0.15, -0.1) is 0 Å². The highest BCUT2D eigenvalue weighted by molar-refractivity contribution is 5.89. The second-order valence-electron chi connectivity index (χ2n) is 5.98. The summed E-state index contributed by atoms with van der Waals surface area (Å²) in [5.74, 6) is 0.556. The Morgan fingerprint density at radius 2 is 2.10 bits per heavy atom. The lowest BCUT2D eigenvalue weighted by atomic mass is 9.98. The summed E-state index contributed by atoms with van der Waals surface area (Å²) in [5.41, 5.74) is 2.68. The number of rotatable bonds is 5. The van der Waals surface area contributed by atoms with Gasteiger partial charge in [-0.2, -0.15) is 0 Å². The minimum Gasteiger partial charge on any atom is -0.310 e. The predicted octanol–water partition coefficient (Wildman–Crippen LogP) is 4.03. The average Bonchev–Trinajstić information content (AvgIpc) is 3.27. The summed E-state index contributed by atoms with van der Waals surface area (Å²) in [6, 6.07) is 9.21. The minimum atomic E-state index is 0.556. The van der Waals surface area contributed by atoms with Crippen LogP contribution in [-0.2, 0) is 0 Å². The molecule has 0 radical (unpaired) electrons. The Bertz CT molecular complexity index is 619. The van der Waals surface area contributed by atoms with Gasteiger partial charge in [0.05, 0.1) is 0 Å². The van der Waals surface area contributed by atoms with Crippen molar-refractivity contribution in [1.82, 2.24) is 10.3 Å². The summed E-state index contributed by atoms with van der Waals surface area (Å²) in [7, 11) is 0. The zero-order chi connectivity index (χ0) is 13.9. The third kappa shape index (κ3) is 3.07. The molecule has 1 heterocycles. The Morgan fingerprint density at radius 1 is 1.30 bits per heavy atom. The average molecular weight is 266 g/mol. The van der Waals surface area contributed by atoms with Gasteiger partial charge < -0.3 is 5.32 Å². The molecule has 0 unspecified atom stereocenters. The second kappa shape index (κ2) is 5.76. The molecule has 0 bridgehead atoms. The molecule has 0 amide bonds. The number of hydrogen-bond acceptors (Lipinski definition) is 2. The fourth-order valence-electron chi connectivity index (χ4n) is 2.43. The third-order valence-electron chi connectivity index (χ3n) is 3.95. The number of aromatic nitrogens is 1. The summed E-state index contributed by atoms with van der Waals surface area (Å²) < 4.78 is 0.